The molecule has 0 aromatic carbocycles. The van der Waals surface area contributed by atoms with Gasteiger partial charge in [0.15, 0.2) is 0 Å². The zero-order valence-electron chi connectivity index (χ0n) is 11.8. The molecule has 2 saturated heterocycles. The first-order chi connectivity index (χ1) is 9.45. The van der Waals surface area contributed by atoms with Crippen molar-refractivity contribution < 1.29 is 14.3 Å². The van der Waals surface area contributed by atoms with Gasteiger partial charge in [-0.3, -0.25) is 9.80 Å². The van der Waals surface area contributed by atoms with E-state index in [2.05, 4.69) is 15.3 Å². The summed E-state index contributed by atoms with van der Waals surface area (Å²) >= 11 is 0. The molecule has 0 aromatic rings. The minimum Gasteiger partial charge on any atom is -0.379 e. The first-order valence-corrected chi connectivity index (χ1v) is 7.40. The van der Waals surface area contributed by atoms with Gasteiger partial charge < -0.3 is 14.3 Å². The fourth-order valence-electron chi connectivity index (χ4n) is 2.36. The Balaban J connectivity index is 1.35. The summed E-state index contributed by atoms with van der Waals surface area (Å²) in [5.41, 5.74) is 3.04. The van der Waals surface area contributed by atoms with Crippen molar-refractivity contribution in [2.24, 2.45) is 0 Å². The number of rotatable bonds is 8. The molecule has 0 radical (unpaired) electrons. The molecular formula is C13H27N3O3. The molecule has 0 aliphatic carbocycles. The number of hydroxylamine groups is 1. The van der Waals surface area contributed by atoms with Crippen LogP contribution in [0.1, 0.15) is 6.42 Å². The van der Waals surface area contributed by atoms with Gasteiger partial charge in [-0.2, -0.15) is 0 Å². The molecule has 0 aromatic heterocycles. The SMILES string of the molecule is C(CONCCN1CCOCC1)CN1CCOCC1. The third-order valence-electron chi connectivity index (χ3n) is 3.56. The molecule has 0 unspecified atom stereocenters. The Morgan fingerprint density at radius 2 is 1.42 bits per heavy atom. The Kier molecular flexibility index (Phi) is 7.68. The van der Waals surface area contributed by atoms with Gasteiger partial charge in [-0.05, 0) is 6.42 Å². The first kappa shape index (κ1) is 15.2. The van der Waals surface area contributed by atoms with Crippen LogP contribution >= 0.6 is 0 Å². The smallest absolute Gasteiger partial charge is 0.0694 e. The summed E-state index contributed by atoms with van der Waals surface area (Å²) in [5, 5.41) is 0. The molecule has 6 heteroatoms. The maximum absolute atomic E-state index is 5.45. The van der Waals surface area contributed by atoms with Crippen molar-refractivity contribution in [3.63, 3.8) is 0 Å². The lowest BCUT2D eigenvalue weighted by Crippen LogP contribution is -2.40. The summed E-state index contributed by atoms with van der Waals surface area (Å²) in [7, 11) is 0. The van der Waals surface area contributed by atoms with Gasteiger partial charge in [-0.25, -0.2) is 5.48 Å². The second-order valence-corrected chi connectivity index (χ2v) is 5.00. The van der Waals surface area contributed by atoms with Gasteiger partial charge in [0.2, 0.25) is 0 Å². The van der Waals surface area contributed by atoms with Crippen molar-refractivity contribution in [1.29, 1.82) is 0 Å². The normalized spacial score (nSPS) is 22.7. The van der Waals surface area contributed by atoms with Crippen molar-refractivity contribution in [2.45, 2.75) is 6.42 Å². The zero-order valence-corrected chi connectivity index (χ0v) is 11.8. The van der Waals surface area contributed by atoms with Crippen LogP contribution in [-0.4, -0.2) is 88.6 Å². The van der Waals surface area contributed by atoms with Crippen LogP contribution in [-0.2, 0) is 14.3 Å². The van der Waals surface area contributed by atoms with Crippen LogP contribution in [0.15, 0.2) is 0 Å². The standard InChI is InChI=1S/C13H27N3O3/c1(3-15-5-10-17-11-6-15)9-19-14-2-4-16-7-12-18-13-8-16/h14H,1-13H2. The van der Waals surface area contributed by atoms with Crippen molar-refractivity contribution in [2.75, 3.05) is 78.8 Å². The zero-order chi connectivity index (χ0) is 13.2. The van der Waals surface area contributed by atoms with Crippen molar-refractivity contribution >= 4 is 0 Å². The average molecular weight is 273 g/mol. The molecule has 0 atom stereocenters. The van der Waals surface area contributed by atoms with E-state index in [0.29, 0.717) is 0 Å². The van der Waals surface area contributed by atoms with E-state index in [9.17, 15) is 0 Å². The predicted molar refractivity (Wildman–Crippen MR) is 73.1 cm³/mol. The highest BCUT2D eigenvalue weighted by molar-refractivity contribution is 4.62. The summed E-state index contributed by atoms with van der Waals surface area (Å²) in [6.07, 6.45) is 1.07. The molecule has 2 heterocycles. The fraction of sp³-hybridized carbons (Fsp3) is 1.00. The van der Waals surface area contributed by atoms with E-state index >= 15 is 0 Å². The number of hydrogen-bond donors (Lipinski definition) is 1. The highest BCUT2D eigenvalue weighted by Crippen LogP contribution is 1.98. The molecule has 2 aliphatic rings. The minimum atomic E-state index is 0.778. The first-order valence-electron chi connectivity index (χ1n) is 7.40. The Hall–Kier alpha value is -0.240. The van der Waals surface area contributed by atoms with E-state index in [4.69, 9.17) is 14.3 Å². The van der Waals surface area contributed by atoms with Gasteiger partial charge in [-0.1, -0.05) is 0 Å². The second kappa shape index (κ2) is 9.63. The molecule has 2 rings (SSSR count). The van der Waals surface area contributed by atoms with Gasteiger partial charge in [-0.15, -0.1) is 0 Å². The van der Waals surface area contributed by atoms with Crippen molar-refractivity contribution in [3.8, 4) is 0 Å². The molecule has 112 valence electrons. The van der Waals surface area contributed by atoms with Gasteiger partial charge >= 0.3 is 0 Å². The topological polar surface area (TPSA) is 46.2 Å². The van der Waals surface area contributed by atoms with E-state index in [1.165, 1.54) is 0 Å². The third kappa shape index (κ3) is 6.65. The highest BCUT2D eigenvalue weighted by Gasteiger charge is 2.10. The van der Waals surface area contributed by atoms with E-state index in [1.54, 1.807) is 0 Å². The molecule has 2 aliphatic heterocycles. The molecule has 2 fully saturated rings. The van der Waals surface area contributed by atoms with Gasteiger partial charge in [0.1, 0.15) is 0 Å². The Labute approximate surface area is 115 Å². The lowest BCUT2D eigenvalue weighted by Gasteiger charge is -2.27. The van der Waals surface area contributed by atoms with Crippen LogP contribution in [0.25, 0.3) is 0 Å². The second-order valence-electron chi connectivity index (χ2n) is 5.00. The number of hydrogen-bond acceptors (Lipinski definition) is 6. The van der Waals surface area contributed by atoms with Crippen molar-refractivity contribution in [1.82, 2.24) is 15.3 Å². The molecule has 1 N–H and O–H groups in total. The maximum atomic E-state index is 5.45. The monoisotopic (exact) mass is 273 g/mol. The number of nitrogens with one attached hydrogen (secondary N) is 1. The molecule has 19 heavy (non-hydrogen) atoms. The van der Waals surface area contributed by atoms with Gasteiger partial charge in [0.25, 0.3) is 0 Å². The molecular weight excluding hydrogens is 246 g/mol. The van der Waals surface area contributed by atoms with E-state index in [1.807, 2.05) is 0 Å². The third-order valence-corrected chi connectivity index (χ3v) is 3.56. The lowest BCUT2D eigenvalue weighted by molar-refractivity contribution is 0.00399. The van der Waals surface area contributed by atoms with Crippen LogP contribution in [0.5, 0.6) is 0 Å². The van der Waals surface area contributed by atoms with E-state index < -0.39 is 0 Å². The Bertz CT molecular complexity index is 197. The van der Waals surface area contributed by atoms with Crippen LogP contribution in [0.3, 0.4) is 0 Å². The molecule has 0 amide bonds. The number of ether oxygens (including phenoxy) is 2. The Morgan fingerprint density at radius 3 is 2.05 bits per heavy atom. The summed E-state index contributed by atoms with van der Waals surface area (Å²) in [5.74, 6) is 0. The minimum absolute atomic E-state index is 0.778. The molecule has 0 saturated carbocycles. The quantitative estimate of drug-likeness (QED) is 0.478. The molecule has 0 spiro atoms. The fourth-order valence-corrected chi connectivity index (χ4v) is 2.36. The summed E-state index contributed by atoms with van der Waals surface area (Å²) in [4.78, 5) is 10.3. The van der Waals surface area contributed by atoms with Crippen LogP contribution < -0.4 is 5.48 Å². The average Bonchev–Trinajstić information content (AvgIpc) is 2.48. The highest BCUT2D eigenvalue weighted by atomic mass is 16.6. The summed E-state index contributed by atoms with van der Waals surface area (Å²) < 4.78 is 10.6. The predicted octanol–water partition coefficient (Wildman–Crippen LogP) is -0.438. The lowest BCUT2D eigenvalue weighted by atomic mass is 10.3. The van der Waals surface area contributed by atoms with Gasteiger partial charge in [0.05, 0.1) is 33.0 Å². The van der Waals surface area contributed by atoms with Crippen LogP contribution in [0.2, 0.25) is 0 Å². The Morgan fingerprint density at radius 1 is 0.842 bits per heavy atom. The van der Waals surface area contributed by atoms with Crippen LogP contribution in [0, 0.1) is 0 Å². The summed E-state index contributed by atoms with van der Waals surface area (Å²) in [6, 6.07) is 0. The number of morpholine rings is 2. The van der Waals surface area contributed by atoms with Crippen LogP contribution in [0.4, 0.5) is 0 Å². The summed E-state index contributed by atoms with van der Waals surface area (Å²) in [6.45, 7) is 11.5. The largest absolute Gasteiger partial charge is 0.379 e. The van der Waals surface area contributed by atoms with Gasteiger partial charge in [0, 0.05) is 45.8 Å². The van der Waals surface area contributed by atoms with E-state index in [0.717, 1.165) is 85.3 Å². The maximum Gasteiger partial charge on any atom is 0.0694 e. The number of nitrogens with zero attached hydrogens (tertiary/aromatic N) is 2. The molecule has 0 bridgehead atoms. The van der Waals surface area contributed by atoms with Crippen molar-refractivity contribution in [3.05, 3.63) is 0 Å². The molecule has 6 nitrogen and oxygen atoms in total. The van der Waals surface area contributed by atoms with E-state index in [-0.39, 0.29) is 0 Å².